The van der Waals surface area contributed by atoms with E-state index in [1.807, 2.05) is 0 Å². The maximum atomic E-state index is 8.51. The Morgan fingerprint density at radius 3 is 2.69 bits per heavy atom. The molecule has 1 fully saturated rings. The van der Waals surface area contributed by atoms with Crippen LogP contribution in [0.3, 0.4) is 0 Å². The third-order valence-corrected chi connectivity index (χ3v) is 2.20. The van der Waals surface area contributed by atoms with Crippen molar-refractivity contribution in [3.63, 3.8) is 0 Å². The summed E-state index contributed by atoms with van der Waals surface area (Å²) in [6, 6.07) is 0. The number of rotatable bonds is 9. The van der Waals surface area contributed by atoms with Crippen molar-refractivity contribution in [2.45, 2.75) is 25.7 Å². The Morgan fingerprint density at radius 1 is 1.23 bits per heavy atom. The minimum atomic E-state index is 0.283. The van der Waals surface area contributed by atoms with Crippen LogP contribution >= 0.6 is 0 Å². The van der Waals surface area contributed by atoms with Crippen molar-refractivity contribution in [1.29, 1.82) is 0 Å². The lowest BCUT2D eigenvalue weighted by Gasteiger charge is -2.04. The molecule has 78 valence electrons. The van der Waals surface area contributed by atoms with Gasteiger partial charge in [-0.1, -0.05) is 0 Å². The number of aliphatic hydroxyl groups is 1. The molecule has 1 rings (SSSR count). The zero-order valence-electron chi connectivity index (χ0n) is 8.30. The predicted octanol–water partition coefficient (Wildman–Crippen LogP) is 0.775. The topological polar surface area (TPSA) is 41.5 Å². The Bertz CT molecular complexity index is 115. The lowest BCUT2D eigenvalue weighted by atomic mass is 10.4. The zero-order valence-corrected chi connectivity index (χ0v) is 8.30. The van der Waals surface area contributed by atoms with Crippen LogP contribution in [0.4, 0.5) is 0 Å². The smallest absolute Gasteiger partial charge is 0.0494 e. The largest absolute Gasteiger partial charge is 0.396 e. The summed E-state index contributed by atoms with van der Waals surface area (Å²) >= 11 is 0. The van der Waals surface area contributed by atoms with Crippen molar-refractivity contribution in [3.05, 3.63) is 0 Å². The molecule has 2 N–H and O–H groups in total. The van der Waals surface area contributed by atoms with Crippen molar-refractivity contribution in [2.24, 2.45) is 5.92 Å². The number of aliphatic hydroxyl groups excluding tert-OH is 1. The van der Waals surface area contributed by atoms with E-state index in [0.717, 1.165) is 45.1 Å². The second-order valence-electron chi connectivity index (χ2n) is 3.70. The van der Waals surface area contributed by atoms with Crippen LogP contribution in [0.25, 0.3) is 0 Å². The van der Waals surface area contributed by atoms with Gasteiger partial charge in [-0.3, -0.25) is 0 Å². The number of ether oxygens (including phenoxy) is 1. The Kier molecular flexibility index (Phi) is 6.15. The average molecular weight is 187 g/mol. The van der Waals surface area contributed by atoms with Crippen molar-refractivity contribution in [2.75, 3.05) is 32.9 Å². The van der Waals surface area contributed by atoms with Gasteiger partial charge < -0.3 is 15.2 Å². The van der Waals surface area contributed by atoms with Crippen LogP contribution < -0.4 is 5.32 Å². The molecule has 0 aromatic carbocycles. The van der Waals surface area contributed by atoms with Gasteiger partial charge >= 0.3 is 0 Å². The van der Waals surface area contributed by atoms with Crippen molar-refractivity contribution in [1.82, 2.24) is 5.32 Å². The molecule has 0 aliphatic heterocycles. The number of nitrogens with one attached hydrogen (secondary N) is 1. The molecule has 1 saturated carbocycles. The minimum absolute atomic E-state index is 0.283. The molecule has 3 nitrogen and oxygen atoms in total. The van der Waals surface area contributed by atoms with Gasteiger partial charge in [-0.05, 0) is 44.7 Å². The lowest BCUT2D eigenvalue weighted by Crippen LogP contribution is -2.19. The average Bonchev–Trinajstić information content (AvgIpc) is 2.93. The molecule has 0 atom stereocenters. The zero-order chi connectivity index (χ0) is 9.36. The van der Waals surface area contributed by atoms with Gasteiger partial charge in [0.15, 0.2) is 0 Å². The molecule has 3 heteroatoms. The van der Waals surface area contributed by atoms with E-state index < -0.39 is 0 Å². The van der Waals surface area contributed by atoms with E-state index in [1.54, 1.807) is 0 Å². The fourth-order valence-corrected chi connectivity index (χ4v) is 1.16. The summed E-state index contributed by atoms with van der Waals surface area (Å²) in [5.74, 6) is 0.877. The van der Waals surface area contributed by atoms with Crippen LogP contribution in [0.5, 0.6) is 0 Å². The van der Waals surface area contributed by atoms with Gasteiger partial charge in [-0.15, -0.1) is 0 Å². The highest BCUT2D eigenvalue weighted by Gasteiger charge is 2.20. The molecule has 0 spiro atoms. The molecule has 0 unspecified atom stereocenters. The Balaban J connectivity index is 1.63. The maximum absolute atomic E-state index is 8.51. The first-order valence-electron chi connectivity index (χ1n) is 5.33. The van der Waals surface area contributed by atoms with E-state index in [-0.39, 0.29) is 6.61 Å². The minimum Gasteiger partial charge on any atom is -0.396 e. The van der Waals surface area contributed by atoms with Crippen LogP contribution in [0.15, 0.2) is 0 Å². The maximum Gasteiger partial charge on any atom is 0.0494 e. The van der Waals surface area contributed by atoms with Crippen LogP contribution in [-0.4, -0.2) is 38.0 Å². The van der Waals surface area contributed by atoms with Crippen LogP contribution in [-0.2, 0) is 4.74 Å². The van der Waals surface area contributed by atoms with Gasteiger partial charge in [0.1, 0.15) is 0 Å². The second kappa shape index (κ2) is 7.30. The summed E-state index contributed by atoms with van der Waals surface area (Å²) in [7, 11) is 0. The molecule has 0 heterocycles. The molecule has 0 aromatic rings. The highest BCUT2D eigenvalue weighted by molar-refractivity contribution is 4.71. The van der Waals surface area contributed by atoms with Crippen molar-refractivity contribution < 1.29 is 9.84 Å². The summed E-state index contributed by atoms with van der Waals surface area (Å²) in [6.45, 7) is 4.05. The van der Waals surface area contributed by atoms with E-state index in [9.17, 15) is 0 Å². The SMILES string of the molecule is OCCCNCCCOCC1CC1. The summed E-state index contributed by atoms with van der Waals surface area (Å²) in [5, 5.41) is 11.8. The van der Waals surface area contributed by atoms with Crippen molar-refractivity contribution >= 4 is 0 Å². The monoisotopic (exact) mass is 187 g/mol. The molecule has 0 amide bonds. The molecular weight excluding hydrogens is 166 g/mol. The van der Waals surface area contributed by atoms with E-state index in [1.165, 1.54) is 12.8 Å². The normalized spacial score (nSPS) is 16.4. The van der Waals surface area contributed by atoms with Gasteiger partial charge in [0.25, 0.3) is 0 Å². The third-order valence-electron chi connectivity index (χ3n) is 2.20. The molecular formula is C10H21NO2. The second-order valence-corrected chi connectivity index (χ2v) is 3.70. The lowest BCUT2D eigenvalue weighted by molar-refractivity contribution is 0.122. The Hall–Kier alpha value is -0.120. The molecule has 13 heavy (non-hydrogen) atoms. The molecule has 1 aliphatic carbocycles. The highest BCUT2D eigenvalue weighted by Crippen LogP contribution is 2.28. The third kappa shape index (κ3) is 6.99. The molecule has 1 aliphatic rings. The fraction of sp³-hybridized carbons (Fsp3) is 1.00. The number of hydrogen-bond acceptors (Lipinski definition) is 3. The van der Waals surface area contributed by atoms with Crippen molar-refractivity contribution in [3.8, 4) is 0 Å². The first kappa shape index (κ1) is 11.0. The van der Waals surface area contributed by atoms with E-state index in [0.29, 0.717) is 0 Å². The first-order chi connectivity index (χ1) is 6.43. The van der Waals surface area contributed by atoms with Gasteiger partial charge in [-0.25, -0.2) is 0 Å². The number of hydrogen-bond donors (Lipinski definition) is 2. The van der Waals surface area contributed by atoms with Crippen LogP contribution in [0, 0.1) is 5.92 Å². The quantitative estimate of drug-likeness (QED) is 0.524. The Morgan fingerprint density at radius 2 is 2.00 bits per heavy atom. The van der Waals surface area contributed by atoms with Gasteiger partial charge in [0.05, 0.1) is 0 Å². The summed E-state index contributed by atoms with van der Waals surface area (Å²) < 4.78 is 5.47. The van der Waals surface area contributed by atoms with E-state index >= 15 is 0 Å². The molecule has 0 aromatic heterocycles. The first-order valence-corrected chi connectivity index (χ1v) is 5.33. The molecule has 0 bridgehead atoms. The summed E-state index contributed by atoms with van der Waals surface area (Å²) in [6.07, 6.45) is 4.67. The molecule has 0 saturated heterocycles. The van der Waals surface area contributed by atoms with Gasteiger partial charge in [0.2, 0.25) is 0 Å². The van der Waals surface area contributed by atoms with Crippen LogP contribution in [0.2, 0.25) is 0 Å². The van der Waals surface area contributed by atoms with E-state index in [2.05, 4.69) is 5.32 Å². The predicted molar refractivity (Wildman–Crippen MR) is 52.7 cm³/mol. The van der Waals surface area contributed by atoms with E-state index in [4.69, 9.17) is 9.84 Å². The Labute approximate surface area is 80.5 Å². The highest BCUT2D eigenvalue weighted by atomic mass is 16.5. The fourth-order valence-electron chi connectivity index (χ4n) is 1.16. The van der Waals surface area contributed by atoms with Gasteiger partial charge in [0, 0.05) is 19.8 Å². The standard InChI is InChI=1S/C10H21NO2/c12-7-1-5-11-6-2-8-13-9-10-3-4-10/h10-12H,1-9H2. The van der Waals surface area contributed by atoms with Crippen LogP contribution in [0.1, 0.15) is 25.7 Å². The summed E-state index contributed by atoms with van der Waals surface area (Å²) in [5.41, 5.74) is 0. The summed E-state index contributed by atoms with van der Waals surface area (Å²) in [4.78, 5) is 0. The molecule has 0 radical (unpaired) electrons. The van der Waals surface area contributed by atoms with Gasteiger partial charge in [-0.2, -0.15) is 0 Å².